The molecular formula is C24H23N5O2. The lowest BCUT2D eigenvalue weighted by molar-refractivity contribution is 0.1000. The first-order valence-corrected chi connectivity index (χ1v) is 9.97. The van der Waals surface area contributed by atoms with Crippen molar-refractivity contribution in [2.75, 3.05) is 11.6 Å². The molecule has 0 spiro atoms. The molecule has 0 aliphatic rings. The summed E-state index contributed by atoms with van der Waals surface area (Å²) in [4.78, 5) is 19.4. The van der Waals surface area contributed by atoms with Crippen molar-refractivity contribution in [3.63, 3.8) is 0 Å². The number of amides is 1. The molecule has 0 atom stereocenters. The topological polar surface area (TPSA) is 86.3 Å². The van der Waals surface area contributed by atoms with Crippen molar-refractivity contribution in [1.82, 2.24) is 14.6 Å². The maximum Gasteiger partial charge on any atom is 0.250 e. The van der Waals surface area contributed by atoms with Crippen LogP contribution < -0.4 is 15.5 Å². The van der Waals surface area contributed by atoms with E-state index in [1.807, 2.05) is 47.5 Å². The average molecular weight is 413 g/mol. The third-order valence-electron chi connectivity index (χ3n) is 4.85. The zero-order chi connectivity index (χ0) is 21.5. The van der Waals surface area contributed by atoms with Gasteiger partial charge in [0, 0.05) is 31.2 Å². The Morgan fingerprint density at radius 1 is 1.00 bits per heavy atom. The van der Waals surface area contributed by atoms with Crippen molar-refractivity contribution in [2.45, 2.75) is 13.0 Å². The van der Waals surface area contributed by atoms with Gasteiger partial charge in [0.1, 0.15) is 12.1 Å². The van der Waals surface area contributed by atoms with Gasteiger partial charge in [-0.05, 0) is 35.7 Å². The third-order valence-corrected chi connectivity index (χ3v) is 4.85. The Hall–Kier alpha value is -4.13. The minimum Gasteiger partial charge on any atom is -0.439 e. The molecule has 2 aromatic carbocycles. The lowest BCUT2D eigenvalue weighted by Gasteiger charge is -2.25. The molecule has 0 saturated heterocycles. The lowest BCUT2D eigenvalue weighted by atomic mass is 10.1. The van der Waals surface area contributed by atoms with Gasteiger partial charge in [-0.15, -0.1) is 0 Å². The summed E-state index contributed by atoms with van der Waals surface area (Å²) in [6.07, 6.45) is 7.83. The molecule has 2 N–H and O–H groups in total. The summed E-state index contributed by atoms with van der Waals surface area (Å²) in [5.74, 6) is 0.575. The first kappa shape index (κ1) is 20.2. The largest absolute Gasteiger partial charge is 0.439 e. The van der Waals surface area contributed by atoms with Crippen LogP contribution in [0.4, 0.5) is 0 Å². The predicted molar refractivity (Wildman–Crippen MR) is 118 cm³/mol. The zero-order valence-corrected chi connectivity index (χ0v) is 17.0. The molecule has 0 saturated carbocycles. The third kappa shape index (κ3) is 5.48. The van der Waals surface area contributed by atoms with E-state index in [4.69, 9.17) is 10.5 Å². The first-order valence-electron chi connectivity index (χ1n) is 9.97. The van der Waals surface area contributed by atoms with Crippen molar-refractivity contribution in [3.8, 4) is 11.6 Å². The van der Waals surface area contributed by atoms with E-state index in [-0.39, 0.29) is 0 Å². The van der Waals surface area contributed by atoms with Gasteiger partial charge in [0.05, 0.1) is 12.1 Å². The summed E-state index contributed by atoms with van der Waals surface area (Å²) in [6, 6.07) is 21.5. The fourth-order valence-electron chi connectivity index (χ4n) is 3.18. The molecule has 0 bridgehead atoms. The molecule has 0 fully saturated rings. The molecule has 31 heavy (non-hydrogen) atoms. The van der Waals surface area contributed by atoms with Crippen LogP contribution >= 0.6 is 0 Å². The Bertz CT molecular complexity index is 1100. The van der Waals surface area contributed by atoms with Gasteiger partial charge in [-0.25, -0.2) is 9.97 Å². The van der Waals surface area contributed by atoms with Crippen molar-refractivity contribution in [1.29, 1.82) is 0 Å². The van der Waals surface area contributed by atoms with Gasteiger partial charge in [0.25, 0.3) is 0 Å². The Morgan fingerprint density at radius 2 is 1.81 bits per heavy atom. The van der Waals surface area contributed by atoms with Gasteiger partial charge in [-0.2, -0.15) is 0 Å². The summed E-state index contributed by atoms with van der Waals surface area (Å²) in [5, 5.41) is 2.25. The number of benzene rings is 2. The van der Waals surface area contributed by atoms with Crippen LogP contribution in [0.3, 0.4) is 0 Å². The quantitative estimate of drug-likeness (QED) is 0.453. The smallest absolute Gasteiger partial charge is 0.250 e. The number of hydrogen-bond acceptors (Lipinski definition) is 5. The normalized spacial score (nSPS) is 10.6. The Labute approximate surface area is 180 Å². The number of ether oxygens (including phenoxy) is 1. The number of carbonyl (C=O) groups excluding carboxylic acids is 1. The zero-order valence-electron chi connectivity index (χ0n) is 17.0. The van der Waals surface area contributed by atoms with Crippen molar-refractivity contribution in [3.05, 3.63) is 108 Å². The second kappa shape index (κ2) is 9.58. The van der Waals surface area contributed by atoms with Crippen molar-refractivity contribution in [2.24, 2.45) is 5.73 Å². The number of rotatable bonds is 9. The minimum absolute atomic E-state index is 0.348. The predicted octanol–water partition coefficient (Wildman–Crippen LogP) is 3.55. The van der Waals surface area contributed by atoms with E-state index in [1.165, 1.54) is 17.3 Å². The Kier molecular flexibility index (Phi) is 6.23. The fourth-order valence-corrected chi connectivity index (χ4v) is 3.18. The van der Waals surface area contributed by atoms with E-state index in [0.717, 1.165) is 19.5 Å². The van der Waals surface area contributed by atoms with Crippen LogP contribution in [0.25, 0.3) is 0 Å². The van der Waals surface area contributed by atoms with Crippen LogP contribution in [-0.2, 0) is 13.0 Å². The molecule has 0 radical (unpaired) electrons. The molecule has 2 heterocycles. The summed E-state index contributed by atoms with van der Waals surface area (Å²) in [7, 11) is 0. The van der Waals surface area contributed by atoms with E-state index in [2.05, 4.69) is 39.2 Å². The molecule has 4 aromatic rings. The van der Waals surface area contributed by atoms with Crippen LogP contribution in [0, 0.1) is 0 Å². The maximum absolute atomic E-state index is 11.1. The van der Waals surface area contributed by atoms with Crippen molar-refractivity contribution >= 4 is 5.91 Å². The monoisotopic (exact) mass is 413 g/mol. The van der Waals surface area contributed by atoms with Crippen LogP contribution in [0.15, 0.2) is 91.6 Å². The number of carbonyl (C=O) groups is 1. The Morgan fingerprint density at radius 3 is 2.45 bits per heavy atom. The first-order chi connectivity index (χ1) is 15.2. The SMILES string of the molecule is NC(=O)c1ccc(Oc2ccc(CCN(Cc3ccccc3)n3ccnc3)cc2)nc1. The summed E-state index contributed by atoms with van der Waals surface area (Å²) >= 11 is 0. The highest BCUT2D eigenvalue weighted by molar-refractivity contribution is 5.92. The van der Waals surface area contributed by atoms with E-state index in [0.29, 0.717) is 17.2 Å². The number of aromatic nitrogens is 3. The standard InChI is InChI=1S/C24H23N5O2/c25-24(30)21-8-11-23(27-16-21)31-22-9-6-19(7-10-22)12-14-28(29-15-13-26-18-29)17-20-4-2-1-3-5-20/h1-11,13,15-16,18H,12,14,17H2,(H2,25,30). The number of imidazole rings is 1. The van der Waals surface area contributed by atoms with Gasteiger partial charge in [-0.3, -0.25) is 9.47 Å². The lowest BCUT2D eigenvalue weighted by Crippen LogP contribution is -2.34. The van der Waals surface area contributed by atoms with Gasteiger partial charge in [0.2, 0.25) is 11.8 Å². The van der Waals surface area contributed by atoms with Gasteiger partial charge in [-0.1, -0.05) is 42.5 Å². The van der Waals surface area contributed by atoms with Crippen LogP contribution in [0.1, 0.15) is 21.5 Å². The molecule has 2 aromatic heterocycles. The number of nitrogens with zero attached hydrogens (tertiary/aromatic N) is 4. The van der Waals surface area contributed by atoms with E-state index in [1.54, 1.807) is 18.3 Å². The molecular weight excluding hydrogens is 390 g/mol. The van der Waals surface area contributed by atoms with E-state index < -0.39 is 5.91 Å². The number of pyridine rings is 1. The summed E-state index contributed by atoms with van der Waals surface area (Å²) in [6.45, 7) is 1.63. The average Bonchev–Trinajstić information content (AvgIpc) is 3.33. The molecule has 7 nitrogen and oxygen atoms in total. The highest BCUT2D eigenvalue weighted by atomic mass is 16.5. The second-order valence-electron chi connectivity index (χ2n) is 7.06. The van der Waals surface area contributed by atoms with Crippen LogP contribution in [0.2, 0.25) is 0 Å². The highest BCUT2D eigenvalue weighted by Crippen LogP contribution is 2.20. The number of nitrogens with two attached hydrogens (primary N) is 1. The molecule has 4 rings (SSSR count). The molecule has 1 amide bonds. The van der Waals surface area contributed by atoms with Crippen LogP contribution in [0.5, 0.6) is 11.6 Å². The van der Waals surface area contributed by atoms with E-state index >= 15 is 0 Å². The highest BCUT2D eigenvalue weighted by Gasteiger charge is 2.08. The minimum atomic E-state index is -0.514. The van der Waals surface area contributed by atoms with Crippen molar-refractivity contribution < 1.29 is 9.53 Å². The molecule has 7 heteroatoms. The molecule has 0 aliphatic carbocycles. The fraction of sp³-hybridized carbons (Fsp3) is 0.125. The van der Waals surface area contributed by atoms with E-state index in [9.17, 15) is 4.79 Å². The molecule has 0 aliphatic heterocycles. The maximum atomic E-state index is 11.1. The van der Waals surface area contributed by atoms with Crippen LogP contribution in [-0.4, -0.2) is 27.1 Å². The van der Waals surface area contributed by atoms with Gasteiger partial charge in [0.15, 0.2) is 0 Å². The Balaban J connectivity index is 1.37. The summed E-state index contributed by atoms with van der Waals surface area (Å²) in [5.41, 5.74) is 8.02. The second-order valence-corrected chi connectivity index (χ2v) is 7.06. The number of primary amides is 1. The van der Waals surface area contributed by atoms with Gasteiger partial charge < -0.3 is 15.5 Å². The molecule has 0 unspecified atom stereocenters. The molecule has 156 valence electrons. The van der Waals surface area contributed by atoms with Gasteiger partial charge >= 0.3 is 0 Å². The summed E-state index contributed by atoms with van der Waals surface area (Å²) < 4.78 is 7.77. The number of hydrogen-bond donors (Lipinski definition) is 1.